The van der Waals surface area contributed by atoms with Gasteiger partial charge in [0, 0.05) is 13.1 Å². The lowest BCUT2D eigenvalue weighted by molar-refractivity contribution is 0.157. The maximum Gasteiger partial charge on any atom is 0.0664 e. The van der Waals surface area contributed by atoms with E-state index in [2.05, 4.69) is 5.32 Å². The van der Waals surface area contributed by atoms with Gasteiger partial charge in [-0.3, -0.25) is 0 Å². The normalized spacial score (nSPS) is 13.5. The summed E-state index contributed by atoms with van der Waals surface area (Å²) in [4.78, 5) is 0. The number of hydrogen-bond donors (Lipinski definition) is 3. The Morgan fingerprint density at radius 3 is 2.70 bits per heavy atom. The Bertz CT molecular complexity index is 68.6. The van der Waals surface area contributed by atoms with E-state index in [0.717, 1.165) is 12.8 Å². The van der Waals surface area contributed by atoms with Gasteiger partial charge in [-0.05, 0) is 6.42 Å². The highest BCUT2D eigenvalue weighted by molar-refractivity contribution is 4.57. The first-order chi connectivity index (χ1) is 4.81. The molecule has 0 heterocycles. The van der Waals surface area contributed by atoms with Gasteiger partial charge in [0.25, 0.3) is 0 Å². The summed E-state index contributed by atoms with van der Waals surface area (Å²) >= 11 is 0. The third kappa shape index (κ3) is 6.01. The molecule has 1 unspecified atom stereocenters. The van der Waals surface area contributed by atoms with Gasteiger partial charge in [0.1, 0.15) is 0 Å². The summed E-state index contributed by atoms with van der Waals surface area (Å²) in [6, 6.07) is 0. The summed E-state index contributed by atoms with van der Waals surface area (Å²) in [6.07, 6.45) is 1.58. The number of aliphatic hydroxyl groups excluding tert-OH is 2. The second-order valence-electron chi connectivity index (χ2n) is 2.37. The van der Waals surface area contributed by atoms with Gasteiger partial charge in [0.05, 0.1) is 12.7 Å². The topological polar surface area (TPSA) is 52.5 Å². The average molecular weight is 147 g/mol. The van der Waals surface area contributed by atoms with Crippen LogP contribution in [-0.2, 0) is 0 Å². The van der Waals surface area contributed by atoms with Gasteiger partial charge >= 0.3 is 0 Å². The molecular weight excluding hydrogens is 130 g/mol. The molecule has 0 radical (unpaired) electrons. The summed E-state index contributed by atoms with van der Waals surface area (Å²) in [5.74, 6) is 0. The van der Waals surface area contributed by atoms with Crippen LogP contribution >= 0.6 is 0 Å². The summed E-state index contributed by atoms with van der Waals surface area (Å²) in [5, 5.41) is 20.4. The molecule has 0 aromatic carbocycles. The highest BCUT2D eigenvalue weighted by Gasteiger charge is 1.99. The molecular formula is C7H17NO2. The first-order valence-electron chi connectivity index (χ1n) is 3.81. The van der Waals surface area contributed by atoms with E-state index in [1.807, 2.05) is 6.92 Å². The Morgan fingerprint density at radius 1 is 1.50 bits per heavy atom. The summed E-state index contributed by atoms with van der Waals surface area (Å²) in [5.41, 5.74) is 0. The molecule has 0 aromatic rings. The van der Waals surface area contributed by atoms with Gasteiger partial charge < -0.3 is 15.5 Å². The number of rotatable bonds is 6. The van der Waals surface area contributed by atoms with Crippen LogP contribution in [0.25, 0.3) is 0 Å². The highest BCUT2D eigenvalue weighted by Crippen LogP contribution is 1.92. The SMILES string of the molecule is CCCC(O)CNCCO. The fourth-order valence-electron chi connectivity index (χ4n) is 0.783. The van der Waals surface area contributed by atoms with Crippen molar-refractivity contribution in [2.45, 2.75) is 25.9 Å². The van der Waals surface area contributed by atoms with Crippen molar-refractivity contribution in [1.29, 1.82) is 0 Å². The van der Waals surface area contributed by atoms with Crippen LogP contribution < -0.4 is 5.32 Å². The molecule has 1 atom stereocenters. The molecule has 0 fully saturated rings. The smallest absolute Gasteiger partial charge is 0.0664 e. The van der Waals surface area contributed by atoms with Crippen molar-refractivity contribution in [3.8, 4) is 0 Å². The van der Waals surface area contributed by atoms with Crippen molar-refractivity contribution in [2.75, 3.05) is 19.7 Å². The largest absolute Gasteiger partial charge is 0.395 e. The van der Waals surface area contributed by atoms with Crippen molar-refractivity contribution >= 4 is 0 Å². The van der Waals surface area contributed by atoms with Gasteiger partial charge in [-0.15, -0.1) is 0 Å². The number of nitrogens with one attached hydrogen (secondary N) is 1. The quantitative estimate of drug-likeness (QED) is 0.453. The lowest BCUT2D eigenvalue weighted by atomic mass is 10.2. The minimum absolute atomic E-state index is 0.138. The molecule has 0 aliphatic rings. The lowest BCUT2D eigenvalue weighted by Gasteiger charge is -2.08. The van der Waals surface area contributed by atoms with Gasteiger partial charge in [-0.1, -0.05) is 13.3 Å². The Kier molecular flexibility index (Phi) is 6.91. The predicted molar refractivity (Wildman–Crippen MR) is 40.9 cm³/mol. The van der Waals surface area contributed by atoms with E-state index in [0.29, 0.717) is 13.1 Å². The molecule has 0 spiro atoms. The monoisotopic (exact) mass is 147 g/mol. The fourth-order valence-corrected chi connectivity index (χ4v) is 0.783. The first kappa shape index (κ1) is 9.88. The molecule has 0 amide bonds. The van der Waals surface area contributed by atoms with Gasteiger partial charge in [-0.2, -0.15) is 0 Å². The van der Waals surface area contributed by atoms with Crippen molar-refractivity contribution in [1.82, 2.24) is 5.32 Å². The van der Waals surface area contributed by atoms with Gasteiger partial charge in [0.2, 0.25) is 0 Å². The van der Waals surface area contributed by atoms with Crippen molar-refractivity contribution in [2.24, 2.45) is 0 Å². The average Bonchev–Trinajstić information content (AvgIpc) is 1.89. The summed E-state index contributed by atoms with van der Waals surface area (Å²) in [7, 11) is 0. The van der Waals surface area contributed by atoms with Crippen molar-refractivity contribution in [3.63, 3.8) is 0 Å². The molecule has 0 bridgehead atoms. The molecule has 62 valence electrons. The zero-order valence-electron chi connectivity index (χ0n) is 6.51. The van der Waals surface area contributed by atoms with E-state index >= 15 is 0 Å². The van der Waals surface area contributed by atoms with Crippen molar-refractivity contribution < 1.29 is 10.2 Å². The fraction of sp³-hybridized carbons (Fsp3) is 1.00. The Morgan fingerprint density at radius 2 is 2.20 bits per heavy atom. The molecule has 0 aliphatic carbocycles. The van der Waals surface area contributed by atoms with Crippen LogP contribution in [0.2, 0.25) is 0 Å². The van der Waals surface area contributed by atoms with E-state index in [1.165, 1.54) is 0 Å². The third-order valence-electron chi connectivity index (χ3n) is 1.29. The number of hydrogen-bond acceptors (Lipinski definition) is 3. The molecule has 0 saturated heterocycles. The Labute approximate surface area is 62.1 Å². The Hall–Kier alpha value is -0.120. The van der Waals surface area contributed by atoms with E-state index in [-0.39, 0.29) is 12.7 Å². The van der Waals surface area contributed by atoms with Crippen LogP contribution in [0, 0.1) is 0 Å². The van der Waals surface area contributed by atoms with E-state index in [9.17, 15) is 0 Å². The number of aliphatic hydroxyl groups is 2. The third-order valence-corrected chi connectivity index (χ3v) is 1.29. The predicted octanol–water partition coefficient (Wildman–Crippen LogP) is -0.271. The minimum Gasteiger partial charge on any atom is -0.395 e. The molecule has 0 saturated carbocycles. The van der Waals surface area contributed by atoms with E-state index in [4.69, 9.17) is 10.2 Å². The molecule has 0 aliphatic heterocycles. The van der Waals surface area contributed by atoms with Crippen LogP contribution in [0.5, 0.6) is 0 Å². The van der Waals surface area contributed by atoms with Crippen molar-refractivity contribution in [3.05, 3.63) is 0 Å². The molecule has 0 rings (SSSR count). The van der Waals surface area contributed by atoms with Crippen LogP contribution in [-0.4, -0.2) is 36.0 Å². The summed E-state index contributed by atoms with van der Waals surface area (Å²) < 4.78 is 0. The maximum atomic E-state index is 9.13. The van der Waals surface area contributed by atoms with Crippen LogP contribution in [0.15, 0.2) is 0 Å². The molecule has 3 heteroatoms. The molecule has 3 N–H and O–H groups in total. The zero-order chi connectivity index (χ0) is 7.82. The van der Waals surface area contributed by atoms with E-state index in [1.54, 1.807) is 0 Å². The molecule has 10 heavy (non-hydrogen) atoms. The summed E-state index contributed by atoms with van der Waals surface area (Å²) in [6.45, 7) is 3.34. The van der Waals surface area contributed by atoms with E-state index < -0.39 is 0 Å². The minimum atomic E-state index is -0.253. The zero-order valence-corrected chi connectivity index (χ0v) is 6.51. The Balaban J connectivity index is 2.97. The maximum absolute atomic E-state index is 9.13. The van der Waals surface area contributed by atoms with Crippen LogP contribution in [0.3, 0.4) is 0 Å². The first-order valence-corrected chi connectivity index (χ1v) is 3.81. The van der Waals surface area contributed by atoms with Crippen LogP contribution in [0.4, 0.5) is 0 Å². The molecule has 3 nitrogen and oxygen atoms in total. The van der Waals surface area contributed by atoms with Crippen LogP contribution in [0.1, 0.15) is 19.8 Å². The molecule has 0 aromatic heterocycles. The standard InChI is InChI=1S/C7H17NO2/c1-2-3-7(10)6-8-4-5-9/h7-10H,2-6H2,1H3. The highest BCUT2D eigenvalue weighted by atomic mass is 16.3. The second kappa shape index (κ2) is 6.99. The van der Waals surface area contributed by atoms with Gasteiger partial charge in [-0.25, -0.2) is 0 Å². The lowest BCUT2D eigenvalue weighted by Crippen LogP contribution is -2.28. The second-order valence-corrected chi connectivity index (χ2v) is 2.37. The van der Waals surface area contributed by atoms with Gasteiger partial charge in [0.15, 0.2) is 0 Å².